The first kappa shape index (κ1) is 13.7. The normalized spacial score (nSPS) is 14.8. The minimum absolute atomic E-state index is 0.943. The lowest BCUT2D eigenvalue weighted by molar-refractivity contribution is 0.591. The summed E-state index contributed by atoms with van der Waals surface area (Å²) < 4.78 is 2.25. The molecule has 6 heteroatoms. The number of aryl methyl sites for hydroxylation is 2. The maximum absolute atomic E-state index is 4.47. The molecule has 22 heavy (non-hydrogen) atoms. The molecule has 0 amide bonds. The first-order chi connectivity index (χ1) is 10.8. The summed E-state index contributed by atoms with van der Waals surface area (Å²) in [5.74, 6) is 1.11. The largest absolute Gasteiger partial charge is 0.306 e. The van der Waals surface area contributed by atoms with Crippen molar-refractivity contribution in [2.75, 3.05) is 0 Å². The Bertz CT molecular complexity index is 827. The second kappa shape index (κ2) is 5.68. The lowest BCUT2D eigenvalue weighted by Gasteiger charge is -2.07. The molecule has 1 aliphatic rings. The Labute approximate surface area is 133 Å². The topological polar surface area (TPSA) is 56.5 Å². The molecule has 1 aromatic carbocycles. The number of fused-ring (bicyclic) bond motifs is 2. The van der Waals surface area contributed by atoms with Crippen LogP contribution in [0.2, 0.25) is 0 Å². The lowest BCUT2D eigenvalue weighted by Crippen LogP contribution is -2.02. The van der Waals surface area contributed by atoms with Crippen LogP contribution in [0.4, 0.5) is 0 Å². The van der Waals surface area contributed by atoms with Crippen LogP contribution in [0.25, 0.3) is 10.9 Å². The number of hydrogen-bond donors (Lipinski definition) is 0. The van der Waals surface area contributed by atoms with Gasteiger partial charge in [0.05, 0.1) is 5.52 Å². The molecule has 0 bridgehead atoms. The van der Waals surface area contributed by atoms with E-state index in [1.54, 1.807) is 18.1 Å². The predicted molar refractivity (Wildman–Crippen MR) is 86.0 cm³/mol. The van der Waals surface area contributed by atoms with Gasteiger partial charge < -0.3 is 4.57 Å². The number of benzene rings is 1. The van der Waals surface area contributed by atoms with Crippen LogP contribution in [0.15, 0.2) is 34.7 Å². The van der Waals surface area contributed by atoms with E-state index in [9.17, 15) is 0 Å². The summed E-state index contributed by atoms with van der Waals surface area (Å²) in [5.41, 5.74) is 2.18. The van der Waals surface area contributed by atoms with Gasteiger partial charge in [-0.05, 0) is 43.7 Å². The van der Waals surface area contributed by atoms with Crippen molar-refractivity contribution in [1.29, 1.82) is 0 Å². The molecule has 0 radical (unpaired) electrons. The van der Waals surface area contributed by atoms with Crippen molar-refractivity contribution < 1.29 is 0 Å². The molecule has 0 saturated heterocycles. The molecule has 0 fully saturated rings. The van der Waals surface area contributed by atoms with Crippen LogP contribution in [0.1, 0.15) is 30.7 Å². The van der Waals surface area contributed by atoms with Gasteiger partial charge in [-0.2, -0.15) is 0 Å². The van der Waals surface area contributed by atoms with Gasteiger partial charge in [0, 0.05) is 18.4 Å². The summed E-state index contributed by atoms with van der Waals surface area (Å²) in [6.45, 7) is 3.09. The third-order valence-corrected chi connectivity index (χ3v) is 5.02. The summed E-state index contributed by atoms with van der Waals surface area (Å²) in [5, 5.41) is 11.7. The number of nitrogens with zero attached hydrogens (tertiary/aromatic N) is 5. The molecule has 0 atom stereocenters. The molecule has 3 heterocycles. The molecule has 0 unspecified atom stereocenters. The molecule has 5 nitrogen and oxygen atoms in total. The highest BCUT2D eigenvalue weighted by atomic mass is 32.2. The Hall–Kier alpha value is -1.95. The van der Waals surface area contributed by atoms with Crippen molar-refractivity contribution in [3.63, 3.8) is 0 Å². The fourth-order valence-electron chi connectivity index (χ4n) is 2.85. The highest BCUT2D eigenvalue weighted by Crippen LogP contribution is 2.31. The maximum atomic E-state index is 4.47. The zero-order valence-electron chi connectivity index (χ0n) is 12.5. The van der Waals surface area contributed by atoms with E-state index in [2.05, 4.69) is 43.8 Å². The number of rotatable bonds is 2. The molecule has 112 valence electrons. The van der Waals surface area contributed by atoms with Crippen LogP contribution in [-0.4, -0.2) is 24.7 Å². The zero-order valence-corrected chi connectivity index (χ0v) is 13.3. The average Bonchev–Trinajstić information content (AvgIpc) is 2.76. The molecule has 3 aromatic rings. The SMILES string of the molecule is Cc1ccc2ncnc(Sc3nnc4n3CCCCC4)c2c1. The number of hydrogen-bond acceptors (Lipinski definition) is 5. The average molecular weight is 311 g/mol. The van der Waals surface area contributed by atoms with E-state index >= 15 is 0 Å². The quantitative estimate of drug-likeness (QED) is 0.679. The van der Waals surface area contributed by atoms with E-state index in [1.165, 1.54) is 24.8 Å². The van der Waals surface area contributed by atoms with Crippen molar-refractivity contribution in [3.8, 4) is 0 Å². The van der Waals surface area contributed by atoms with Crippen LogP contribution >= 0.6 is 11.8 Å². The highest BCUT2D eigenvalue weighted by molar-refractivity contribution is 7.99. The maximum Gasteiger partial charge on any atom is 0.197 e. The van der Waals surface area contributed by atoms with Gasteiger partial charge in [-0.3, -0.25) is 0 Å². The van der Waals surface area contributed by atoms with Gasteiger partial charge in [-0.25, -0.2) is 9.97 Å². The molecule has 0 N–H and O–H groups in total. The van der Waals surface area contributed by atoms with Crippen molar-refractivity contribution in [2.24, 2.45) is 0 Å². The molecular weight excluding hydrogens is 294 g/mol. The van der Waals surface area contributed by atoms with Crippen LogP contribution in [-0.2, 0) is 13.0 Å². The Kier molecular flexibility index (Phi) is 3.54. The summed E-state index contributed by atoms with van der Waals surface area (Å²) in [6, 6.07) is 6.25. The van der Waals surface area contributed by atoms with Crippen LogP contribution in [0, 0.1) is 6.92 Å². The number of aromatic nitrogens is 5. The van der Waals surface area contributed by atoms with Gasteiger partial charge in [0.1, 0.15) is 17.2 Å². The third-order valence-electron chi connectivity index (χ3n) is 4.02. The summed E-state index contributed by atoms with van der Waals surface area (Å²) >= 11 is 1.59. The fourth-order valence-corrected chi connectivity index (χ4v) is 3.78. The molecule has 1 aliphatic heterocycles. The first-order valence-electron chi connectivity index (χ1n) is 7.62. The minimum Gasteiger partial charge on any atom is -0.306 e. The van der Waals surface area contributed by atoms with E-state index in [1.807, 2.05) is 6.07 Å². The van der Waals surface area contributed by atoms with E-state index in [0.717, 1.165) is 39.9 Å². The summed E-state index contributed by atoms with van der Waals surface area (Å²) in [4.78, 5) is 8.81. The molecule has 0 aliphatic carbocycles. The Morgan fingerprint density at radius 2 is 2.05 bits per heavy atom. The zero-order chi connectivity index (χ0) is 14.9. The Morgan fingerprint density at radius 1 is 1.09 bits per heavy atom. The third kappa shape index (κ3) is 2.47. The van der Waals surface area contributed by atoms with Crippen LogP contribution in [0.3, 0.4) is 0 Å². The molecule has 0 spiro atoms. The van der Waals surface area contributed by atoms with Crippen LogP contribution in [0.5, 0.6) is 0 Å². The first-order valence-corrected chi connectivity index (χ1v) is 8.44. The van der Waals surface area contributed by atoms with E-state index in [4.69, 9.17) is 0 Å². The summed E-state index contributed by atoms with van der Waals surface area (Å²) in [6.07, 6.45) is 6.32. The molecule has 4 rings (SSSR count). The van der Waals surface area contributed by atoms with Gasteiger partial charge in [0.25, 0.3) is 0 Å². The Balaban J connectivity index is 1.75. The van der Waals surface area contributed by atoms with Gasteiger partial charge in [-0.15, -0.1) is 10.2 Å². The van der Waals surface area contributed by atoms with E-state index < -0.39 is 0 Å². The Morgan fingerprint density at radius 3 is 3.00 bits per heavy atom. The monoisotopic (exact) mass is 311 g/mol. The standard InChI is InChI=1S/C16H17N5S/c1-11-6-7-13-12(9-11)15(18-10-17-13)22-16-20-19-14-5-3-2-4-8-21(14)16/h6-7,9-10H,2-5,8H2,1H3. The van der Waals surface area contributed by atoms with Crippen molar-refractivity contribution in [2.45, 2.75) is 49.3 Å². The fraction of sp³-hybridized carbons (Fsp3) is 0.375. The summed E-state index contributed by atoms with van der Waals surface area (Å²) in [7, 11) is 0. The molecule has 0 saturated carbocycles. The minimum atomic E-state index is 0.943. The van der Waals surface area contributed by atoms with Gasteiger partial charge in [0.15, 0.2) is 5.16 Å². The van der Waals surface area contributed by atoms with Crippen molar-refractivity contribution >= 4 is 22.7 Å². The lowest BCUT2D eigenvalue weighted by atomic mass is 10.2. The predicted octanol–water partition coefficient (Wildman–Crippen LogP) is 3.41. The van der Waals surface area contributed by atoms with Crippen molar-refractivity contribution in [3.05, 3.63) is 35.9 Å². The second-order valence-electron chi connectivity index (χ2n) is 5.66. The van der Waals surface area contributed by atoms with Crippen LogP contribution < -0.4 is 0 Å². The molecule has 2 aromatic heterocycles. The van der Waals surface area contributed by atoms with E-state index in [-0.39, 0.29) is 0 Å². The van der Waals surface area contributed by atoms with Gasteiger partial charge in [0.2, 0.25) is 0 Å². The highest BCUT2D eigenvalue weighted by Gasteiger charge is 2.17. The second-order valence-corrected chi connectivity index (χ2v) is 6.62. The van der Waals surface area contributed by atoms with Gasteiger partial charge >= 0.3 is 0 Å². The van der Waals surface area contributed by atoms with E-state index in [0.29, 0.717) is 0 Å². The van der Waals surface area contributed by atoms with Gasteiger partial charge in [-0.1, -0.05) is 18.1 Å². The smallest absolute Gasteiger partial charge is 0.197 e. The molecular formula is C16H17N5S. The van der Waals surface area contributed by atoms with Crippen molar-refractivity contribution in [1.82, 2.24) is 24.7 Å².